The van der Waals surface area contributed by atoms with E-state index in [0.29, 0.717) is 18.3 Å². The lowest BCUT2D eigenvalue weighted by atomic mass is 10.1. The molecule has 0 aliphatic heterocycles. The lowest BCUT2D eigenvalue weighted by molar-refractivity contribution is 0.112. The van der Waals surface area contributed by atoms with Gasteiger partial charge in [-0.05, 0) is 12.1 Å². The van der Waals surface area contributed by atoms with Crippen LogP contribution in [0, 0.1) is 11.3 Å². The molecule has 0 saturated heterocycles. The van der Waals surface area contributed by atoms with E-state index in [0.717, 1.165) is 0 Å². The standard InChI is InChI=1S/C10H7NO3/c1-14-10-3-7(4-11)8(5-12)2-9(10)6-13/h2-3,5-6H,1H3. The third-order valence-electron chi connectivity index (χ3n) is 1.78. The van der Waals surface area contributed by atoms with E-state index in [1.807, 2.05) is 6.07 Å². The van der Waals surface area contributed by atoms with Gasteiger partial charge >= 0.3 is 0 Å². The minimum Gasteiger partial charge on any atom is -0.496 e. The molecule has 0 aromatic heterocycles. The highest BCUT2D eigenvalue weighted by Crippen LogP contribution is 2.20. The number of nitriles is 1. The second-order valence-electron chi connectivity index (χ2n) is 2.53. The smallest absolute Gasteiger partial charge is 0.153 e. The van der Waals surface area contributed by atoms with Crippen molar-refractivity contribution in [2.75, 3.05) is 7.11 Å². The summed E-state index contributed by atoms with van der Waals surface area (Å²) in [4.78, 5) is 21.1. The molecular formula is C10H7NO3. The molecule has 0 spiro atoms. The Kier molecular flexibility index (Phi) is 2.97. The third-order valence-corrected chi connectivity index (χ3v) is 1.78. The summed E-state index contributed by atoms with van der Waals surface area (Å²) in [5, 5.41) is 8.68. The van der Waals surface area contributed by atoms with Gasteiger partial charge in [0.2, 0.25) is 0 Å². The Labute approximate surface area is 80.7 Å². The highest BCUT2D eigenvalue weighted by atomic mass is 16.5. The maximum absolute atomic E-state index is 10.6. The maximum atomic E-state index is 10.6. The van der Waals surface area contributed by atoms with Crippen LogP contribution in [0.1, 0.15) is 26.3 Å². The normalized spacial score (nSPS) is 8.86. The molecule has 1 rings (SSSR count). The number of aldehydes is 2. The Hall–Kier alpha value is -2.15. The molecule has 0 atom stereocenters. The van der Waals surface area contributed by atoms with Crippen molar-refractivity contribution < 1.29 is 14.3 Å². The largest absolute Gasteiger partial charge is 0.496 e. The number of hydrogen-bond acceptors (Lipinski definition) is 4. The second kappa shape index (κ2) is 4.19. The first-order valence-electron chi connectivity index (χ1n) is 3.79. The Bertz CT molecular complexity index is 418. The molecule has 4 nitrogen and oxygen atoms in total. The van der Waals surface area contributed by atoms with Gasteiger partial charge in [-0.2, -0.15) is 5.26 Å². The van der Waals surface area contributed by atoms with Gasteiger partial charge in [0.1, 0.15) is 11.8 Å². The number of nitrogens with zero attached hydrogens (tertiary/aromatic N) is 1. The van der Waals surface area contributed by atoms with E-state index in [1.54, 1.807) is 0 Å². The Morgan fingerprint density at radius 1 is 1.29 bits per heavy atom. The fourth-order valence-electron chi connectivity index (χ4n) is 1.08. The molecule has 0 bridgehead atoms. The average Bonchev–Trinajstić information content (AvgIpc) is 2.26. The molecule has 14 heavy (non-hydrogen) atoms. The van der Waals surface area contributed by atoms with Crippen LogP contribution in [0.15, 0.2) is 12.1 Å². The van der Waals surface area contributed by atoms with Crippen LogP contribution in [-0.2, 0) is 0 Å². The molecule has 0 aliphatic rings. The van der Waals surface area contributed by atoms with Gasteiger partial charge in [-0.1, -0.05) is 0 Å². The van der Waals surface area contributed by atoms with Gasteiger partial charge in [-0.15, -0.1) is 0 Å². The molecule has 0 saturated carbocycles. The third kappa shape index (κ3) is 1.62. The van der Waals surface area contributed by atoms with E-state index < -0.39 is 0 Å². The molecule has 0 radical (unpaired) electrons. The summed E-state index contributed by atoms with van der Waals surface area (Å²) in [6, 6.07) is 4.54. The zero-order valence-electron chi connectivity index (χ0n) is 7.48. The molecule has 0 fully saturated rings. The highest BCUT2D eigenvalue weighted by molar-refractivity contribution is 5.87. The fraction of sp³-hybridized carbons (Fsp3) is 0.100. The van der Waals surface area contributed by atoms with Crippen LogP contribution in [0.4, 0.5) is 0 Å². The average molecular weight is 189 g/mol. The van der Waals surface area contributed by atoms with E-state index in [2.05, 4.69) is 0 Å². The number of carbonyl (C=O) groups is 2. The molecule has 0 N–H and O–H groups in total. The number of benzene rings is 1. The fourth-order valence-corrected chi connectivity index (χ4v) is 1.08. The lowest BCUT2D eigenvalue weighted by Crippen LogP contribution is -1.96. The van der Waals surface area contributed by atoms with Gasteiger partial charge in [0, 0.05) is 5.56 Å². The van der Waals surface area contributed by atoms with Crippen LogP contribution >= 0.6 is 0 Å². The Morgan fingerprint density at radius 2 is 1.93 bits per heavy atom. The van der Waals surface area contributed by atoms with Crippen molar-refractivity contribution in [2.24, 2.45) is 0 Å². The molecule has 0 heterocycles. The molecule has 4 heteroatoms. The maximum Gasteiger partial charge on any atom is 0.153 e. The van der Waals surface area contributed by atoms with Crippen molar-refractivity contribution in [1.82, 2.24) is 0 Å². The number of hydrogen-bond donors (Lipinski definition) is 0. The van der Waals surface area contributed by atoms with Gasteiger partial charge < -0.3 is 4.74 Å². The molecule has 1 aromatic rings. The Morgan fingerprint density at radius 3 is 2.36 bits per heavy atom. The predicted octanol–water partition coefficient (Wildman–Crippen LogP) is 1.19. The quantitative estimate of drug-likeness (QED) is 0.670. The van der Waals surface area contributed by atoms with Crippen molar-refractivity contribution in [3.63, 3.8) is 0 Å². The highest BCUT2D eigenvalue weighted by Gasteiger charge is 2.08. The van der Waals surface area contributed by atoms with Crippen LogP contribution in [0.5, 0.6) is 5.75 Å². The number of methoxy groups -OCH3 is 1. The first kappa shape index (κ1) is 9.93. The van der Waals surface area contributed by atoms with Crippen LogP contribution in [0.25, 0.3) is 0 Å². The van der Waals surface area contributed by atoms with Crippen molar-refractivity contribution in [2.45, 2.75) is 0 Å². The Balaban J connectivity index is 3.44. The van der Waals surface area contributed by atoms with E-state index >= 15 is 0 Å². The summed E-state index contributed by atoms with van der Waals surface area (Å²) in [6.45, 7) is 0. The zero-order valence-corrected chi connectivity index (χ0v) is 7.48. The van der Waals surface area contributed by atoms with Crippen molar-refractivity contribution in [3.05, 3.63) is 28.8 Å². The number of ether oxygens (including phenoxy) is 1. The van der Waals surface area contributed by atoms with Crippen LogP contribution < -0.4 is 4.74 Å². The SMILES string of the molecule is COc1cc(C#N)c(C=O)cc1C=O. The molecule has 1 aromatic carbocycles. The second-order valence-corrected chi connectivity index (χ2v) is 2.53. The van der Waals surface area contributed by atoms with Gasteiger partial charge in [0.25, 0.3) is 0 Å². The molecule has 0 aliphatic carbocycles. The summed E-state index contributed by atoms with van der Waals surface area (Å²) < 4.78 is 4.88. The van der Waals surface area contributed by atoms with Gasteiger partial charge in [0.05, 0.1) is 18.2 Å². The molecular weight excluding hydrogens is 182 g/mol. The van der Waals surface area contributed by atoms with Crippen LogP contribution in [0.2, 0.25) is 0 Å². The van der Waals surface area contributed by atoms with Gasteiger partial charge in [-0.3, -0.25) is 9.59 Å². The molecule has 0 unspecified atom stereocenters. The summed E-state index contributed by atoms with van der Waals surface area (Å²) in [5.74, 6) is 0.294. The number of rotatable bonds is 3. The molecule has 0 amide bonds. The van der Waals surface area contributed by atoms with Crippen molar-refractivity contribution >= 4 is 12.6 Å². The predicted molar refractivity (Wildman–Crippen MR) is 48.5 cm³/mol. The van der Waals surface area contributed by atoms with E-state index in [1.165, 1.54) is 19.2 Å². The van der Waals surface area contributed by atoms with Gasteiger partial charge in [-0.25, -0.2) is 0 Å². The minimum atomic E-state index is 0.190. The zero-order chi connectivity index (χ0) is 10.6. The van der Waals surface area contributed by atoms with Crippen LogP contribution in [-0.4, -0.2) is 19.7 Å². The van der Waals surface area contributed by atoms with Crippen molar-refractivity contribution in [1.29, 1.82) is 5.26 Å². The summed E-state index contributed by atoms with van der Waals surface area (Å²) in [7, 11) is 1.39. The number of carbonyl (C=O) groups excluding carboxylic acids is 2. The van der Waals surface area contributed by atoms with Crippen molar-refractivity contribution in [3.8, 4) is 11.8 Å². The van der Waals surface area contributed by atoms with E-state index in [-0.39, 0.29) is 16.7 Å². The lowest BCUT2D eigenvalue weighted by Gasteiger charge is -2.04. The summed E-state index contributed by atoms with van der Waals surface area (Å²) in [6.07, 6.45) is 1.11. The minimum absolute atomic E-state index is 0.190. The summed E-state index contributed by atoms with van der Waals surface area (Å²) in [5.41, 5.74) is 0.645. The molecule has 70 valence electrons. The first-order chi connectivity index (χ1) is 6.76. The first-order valence-corrected chi connectivity index (χ1v) is 3.79. The van der Waals surface area contributed by atoms with Gasteiger partial charge in [0.15, 0.2) is 12.6 Å². The van der Waals surface area contributed by atoms with E-state index in [9.17, 15) is 9.59 Å². The monoisotopic (exact) mass is 189 g/mol. The topological polar surface area (TPSA) is 67.2 Å². The van der Waals surface area contributed by atoms with Crippen LogP contribution in [0.3, 0.4) is 0 Å². The van der Waals surface area contributed by atoms with E-state index in [4.69, 9.17) is 10.00 Å². The summed E-state index contributed by atoms with van der Waals surface area (Å²) >= 11 is 0.